The maximum atomic E-state index is 12.3. The maximum Gasteiger partial charge on any atom is 0.194 e. The molecule has 2 aromatic carbocycles. The molecule has 0 atom stereocenters. The van der Waals surface area contributed by atoms with Crippen molar-refractivity contribution in [2.24, 2.45) is 0 Å². The predicted molar refractivity (Wildman–Crippen MR) is 76.4 cm³/mol. The summed E-state index contributed by atoms with van der Waals surface area (Å²) in [6, 6.07) is 9.50. The van der Waals surface area contributed by atoms with Crippen molar-refractivity contribution in [2.75, 3.05) is 0 Å². The van der Waals surface area contributed by atoms with E-state index in [9.17, 15) is 4.79 Å². The third kappa shape index (κ3) is 2.81. The summed E-state index contributed by atoms with van der Waals surface area (Å²) in [5.74, 6) is -0.271. The van der Waals surface area contributed by atoms with Crippen LogP contribution in [0.2, 0.25) is 20.1 Å². The molecule has 0 bridgehead atoms. The number of carbonyl (C=O) groups excluding carboxylic acids is 1. The summed E-state index contributed by atoms with van der Waals surface area (Å²) in [5, 5.41) is 1.34. The van der Waals surface area contributed by atoms with Gasteiger partial charge in [0.15, 0.2) is 5.78 Å². The number of halogens is 4. The summed E-state index contributed by atoms with van der Waals surface area (Å²) >= 11 is 23.6. The molecule has 0 spiro atoms. The zero-order valence-corrected chi connectivity index (χ0v) is 11.9. The first-order valence-electron chi connectivity index (χ1n) is 4.94. The lowest BCUT2D eigenvalue weighted by molar-refractivity contribution is 0.103. The van der Waals surface area contributed by atoms with E-state index in [1.165, 1.54) is 12.1 Å². The second-order valence-corrected chi connectivity index (χ2v) is 5.25. The Morgan fingerprint density at radius 1 is 0.889 bits per heavy atom. The van der Waals surface area contributed by atoms with E-state index >= 15 is 0 Å². The van der Waals surface area contributed by atoms with Gasteiger partial charge in [-0.05, 0) is 30.3 Å². The number of benzene rings is 2. The molecule has 0 radical (unpaired) electrons. The molecular formula is C13H6Cl4O. The molecule has 18 heavy (non-hydrogen) atoms. The summed E-state index contributed by atoms with van der Waals surface area (Å²) in [4.78, 5) is 12.3. The van der Waals surface area contributed by atoms with Gasteiger partial charge in [0.2, 0.25) is 0 Å². The maximum absolute atomic E-state index is 12.3. The molecular weight excluding hydrogens is 314 g/mol. The second kappa shape index (κ2) is 5.50. The van der Waals surface area contributed by atoms with Crippen LogP contribution in [0.25, 0.3) is 0 Å². The van der Waals surface area contributed by atoms with Crippen LogP contribution in [0.5, 0.6) is 0 Å². The molecule has 0 aliphatic heterocycles. The Kier molecular flexibility index (Phi) is 4.18. The van der Waals surface area contributed by atoms with Gasteiger partial charge in [0, 0.05) is 21.2 Å². The van der Waals surface area contributed by atoms with Gasteiger partial charge >= 0.3 is 0 Å². The Hall–Kier alpha value is -0.730. The molecule has 0 aliphatic carbocycles. The smallest absolute Gasteiger partial charge is 0.194 e. The van der Waals surface area contributed by atoms with Crippen LogP contribution in [-0.2, 0) is 0 Å². The minimum Gasteiger partial charge on any atom is -0.289 e. The summed E-state index contributed by atoms with van der Waals surface area (Å²) in [6.45, 7) is 0. The first-order chi connectivity index (χ1) is 8.49. The van der Waals surface area contributed by atoms with Gasteiger partial charge in [-0.15, -0.1) is 0 Å². The summed E-state index contributed by atoms with van der Waals surface area (Å²) in [6.07, 6.45) is 0. The number of rotatable bonds is 2. The topological polar surface area (TPSA) is 17.1 Å². The molecule has 92 valence electrons. The Morgan fingerprint density at radius 2 is 1.50 bits per heavy atom. The third-order valence-electron chi connectivity index (χ3n) is 2.32. The van der Waals surface area contributed by atoms with Crippen molar-refractivity contribution in [1.29, 1.82) is 0 Å². The van der Waals surface area contributed by atoms with E-state index in [1.807, 2.05) is 0 Å². The van der Waals surface area contributed by atoms with Crippen molar-refractivity contribution in [3.63, 3.8) is 0 Å². The van der Waals surface area contributed by atoms with E-state index in [1.54, 1.807) is 24.3 Å². The molecule has 0 fully saturated rings. The standard InChI is InChI=1S/C13H6Cl4O/c14-8-4-7(5-9(15)6-8)13(18)10-2-1-3-11(16)12(10)17/h1-6H. The van der Waals surface area contributed by atoms with Gasteiger partial charge in [-0.1, -0.05) is 52.5 Å². The Labute approximate surface area is 124 Å². The summed E-state index contributed by atoms with van der Waals surface area (Å²) < 4.78 is 0. The normalized spacial score (nSPS) is 10.4. The molecule has 0 unspecified atom stereocenters. The zero-order valence-electron chi connectivity index (χ0n) is 8.88. The van der Waals surface area contributed by atoms with Crippen molar-refractivity contribution in [1.82, 2.24) is 0 Å². The van der Waals surface area contributed by atoms with Crippen LogP contribution in [0.1, 0.15) is 15.9 Å². The van der Waals surface area contributed by atoms with Crippen molar-refractivity contribution in [3.05, 3.63) is 67.6 Å². The van der Waals surface area contributed by atoms with Crippen molar-refractivity contribution < 1.29 is 4.79 Å². The zero-order chi connectivity index (χ0) is 13.3. The average Bonchev–Trinajstić information content (AvgIpc) is 2.30. The fourth-order valence-electron chi connectivity index (χ4n) is 1.52. The van der Waals surface area contributed by atoms with Crippen LogP contribution in [0.3, 0.4) is 0 Å². The molecule has 2 rings (SSSR count). The highest BCUT2D eigenvalue weighted by molar-refractivity contribution is 6.44. The van der Waals surface area contributed by atoms with Crippen molar-refractivity contribution >= 4 is 52.2 Å². The van der Waals surface area contributed by atoms with E-state index in [0.29, 0.717) is 26.2 Å². The van der Waals surface area contributed by atoms with Crippen LogP contribution >= 0.6 is 46.4 Å². The van der Waals surface area contributed by atoms with Crippen LogP contribution < -0.4 is 0 Å². The Morgan fingerprint density at radius 3 is 2.11 bits per heavy atom. The van der Waals surface area contributed by atoms with Gasteiger partial charge < -0.3 is 0 Å². The van der Waals surface area contributed by atoms with Crippen LogP contribution in [-0.4, -0.2) is 5.78 Å². The molecule has 1 nitrogen and oxygen atoms in total. The largest absolute Gasteiger partial charge is 0.289 e. The molecule has 5 heteroatoms. The Balaban J connectivity index is 2.51. The van der Waals surface area contributed by atoms with Gasteiger partial charge in [0.1, 0.15) is 0 Å². The van der Waals surface area contributed by atoms with Crippen LogP contribution in [0.15, 0.2) is 36.4 Å². The first kappa shape index (κ1) is 13.7. The van der Waals surface area contributed by atoms with Crippen LogP contribution in [0.4, 0.5) is 0 Å². The first-order valence-corrected chi connectivity index (χ1v) is 6.45. The molecule has 0 saturated heterocycles. The highest BCUT2D eigenvalue weighted by Gasteiger charge is 2.15. The molecule has 0 saturated carbocycles. The molecule has 0 N–H and O–H groups in total. The quantitative estimate of drug-likeness (QED) is 0.665. The fourth-order valence-corrected chi connectivity index (χ4v) is 2.43. The lowest BCUT2D eigenvalue weighted by Gasteiger charge is -2.06. The van der Waals surface area contributed by atoms with E-state index in [-0.39, 0.29) is 10.8 Å². The van der Waals surface area contributed by atoms with E-state index in [2.05, 4.69) is 0 Å². The average molecular weight is 320 g/mol. The lowest BCUT2D eigenvalue weighted by atomic mass is 10.0. The SMILES string of the molecule is O=C(c1cc(Cl)cc(Cl)c1)c1cccc(Cl)c1Cl. The summed E-state index contributed by atoms with van der Waals surface area (Å²) in [5.41, 5.74) is 0.694. The third-order valence-corrected chi connectivity index (χ3v) is 3.58. The van der Waals surface area contributed by atoms with E-state index < -0.39 is 0 Å². The van der Waals surface area contributed by atoms with Gasteiger partial charge in [0.25, 0.3) is 0 Å². The van der Waals surface area contributed by atoms with E-state index in [0.717, 1.165) is 0 Å². The van der Waals surface area contributed by atoms with Crippen molar-refractivity contribution in [3.8, 4) is 0 Å². The minimum absolute atomic E-state index is 0.222. The molecule has 0 aromatic heterocycles. The minimum atomic E-state index is -0.271. The van der Waals surface area contributed by atoms with E-state index in [4.69, 9.17) is 46.4 Å². The molecule has 0 heterocycles. The molecule has 0 amide bonds. The highest BCUT2D eigenvalue weighted by atomic mass is 35.5. The fraction of sp³-hybridized carbons (Fsp3) is 0. The second-order valence-electron chi connectivity index (χ2n) is 3.59. The van der Waals surface area contributed by atoms with Gasteiger partial charge in [-0.2, -0.15) is 0 Å². The molecule has 0 aliphatic rings. The number of hydrogen-bond donors (Lipinski definition) is 0. The number of hydrogen-bond acceptors (Lipinski definition) is 1. The van der Waals surface area contributed by atoms with Crippen LogP contribution in [0, 0.1) is 0 Å². The van der Waals surface area contributed by atoms with Gasteiger partial charge in [0.05, 0.1) is 10.0 Å². The summed E-state index contributed by atoms with van der Waals surface area (Å²) in [7, 11) is 0. The van der Waals surface area contributed by atoms with Gasteiger partial charge in [-0.25, -0.2) is 0 Å². The van der Waals surface area contributed by atoms with Crippen molar-refractivity contribution in [2.45, 2.75) is 0 Å². The van der Waals surface area contributed by atoms with Gasteiger partial charge in [-0.3, -0.25) is 4.79 Å². The Bertz CT molecular complexity index is 602. The predicted octanol–water partition coefficient (Wildman–Crippen LogP) is 5.53. The lowest BCUT2D eigenvalue weighted by Crippen LogP contribution is -2.02. The monoisotopic (exact) mass is 318 g/mol. The number of carbonyl (C=O) groups is 1. The highest BCUT2D eigenvalue weighted by Crippen LogP contribution is 2.28. The number of ketones is 1. The molecule has 2 aromatic rings.